The van der Waals surface area contributed by atoms with Gasteiger partial charge in [0.15, 0.2) is 0 Å². The lowest BCUT2D eigenvalue weighted by Gasteiger charge is -2.10. The van der Waals surface area contributed by atoms with Gasteiger partial charge in [-0.05, 0) is 58.7 Å². The Morgan fingerprint density at radius 2 is 2.10 bits per heavy atom. The molecule has 0 saturated heterocycles. The van der Waals surface area contributed by atoms with E-state index >= 15 is 0 Å². The molecule has 0 N–H and O–H groups in total. The summed E-state index contributed by atoms with van der Waals surface area (Å²) in [6, 6.07) is 13.8. The molecule has 0 amide bonds. The minimum Gasteiger partial charge on any atom is -0.294 e. The van der Waals surface area contributed by atoms with Gasteiger partial charge in [-0.2, -0.15) is 5.26 Å². The van der Waals surface area contributed by atoms with E-state index < -0.39 is 0 Å². The number of hydrogen-bond donors (Lipinski definition) is 0. The Hall–Kier alpha value is -1.83. The van der Waals surface area contributed by atoms with Crippen LogP contribution in [0.3, 0.4) is 0 Å². The molecule has 0 unspecified atom stereocenters. The molecule has 0 saturated carbocycles. The fourth-order valence-corrected chi connectivity index (χ4v) is 3.09. The fraction of sp³-hybridized carbons (Fsp3) is 0.125. The van der Waals surface area contributed by atoms with E-state index in [4.69, 9.17) is 16.9 Å². The van der Waals surface area contributed by atoms with Crippen molar-refractivity contribution in [1.29, 1.82) is 5.26 Å². The largest absolute Gasteiger partial charge is 0.294 e. The number of nitrogens with zero attached hydrogens (tertiary/aromatic N) is 3. The lowest BCUT2D eigenvalue weighted by atomic mass is 10.2. The molecular formula is C16H11BrClN3. The van der Waals surface area contributed by atoms with Gasteiger partial charge in [-0.15, -0.1) is 11.6 Å². The predicted molar refractivity (Wildman–Crippen MR) is 87.8 cm³/mol. The number of alkyl halides is 1. The second-order valence-corrected chi connectivity index (χ2v) is 5.89. The Bertz CT molecular complexity index is 877. The highest BCUT2D eigenvalue weighted by molar-refractivity contribution is 9.10. The quantitative estimate of drug-likeness (QED) is 0.621. The molecule has 1 aromatic heterocycles. The number of rotatable bonds is 2. The number of aromatic nitrogens is 2. The Kier molecular flexibility index (Phi) is 3.71. The molecule has 0 aliphatic carbocycles. The number of hydrogen-bond acceptors (Lipinski definition) is 2. The van der Waals surface area contributed by atoms with Crippen molar-refractivity contribution in [2.24, 2.45) is 0 Å². The summed E-state index contributed by atoms with van der Waals surface area (Å²) in [4.78, 5) is 4.60. The molecule has 3 aromatic rings. The third-order valence-electron chi connectivity index (χ3n) is 3.32. The molecule has 0 radical (unpaired) electrons. The minimum atomic E-state index is 0.320. The van der Waals surface area contributed by atoms with Crippen molar-refractivity contribution in [3.8, 4) is 11.8 Å². The van der Waals surface area contributed by atoms with Crippen LogP contribution in [-0.2, 0) is 5.88 Å². The Morgan fingerprint density at radius 3 is 2.76 bits per heavy atom. The van der Waals surface area contributed by atoms with Gasteiger partial charge in [0.05, 0.1) is 34.2 Å². The van der Waals surface area contributed by atoms with Gasteiger partial charge >= 0.3 is 0 Å². The standard InChI is InChI=1S/C16H11BrClN3/c1-10-2-4-15-13(6-10)20-16(8-18)21(15)14-5-3-11(9-19)7-12(14)17/h2-7H,8H2,1H3. The summed E-state index contributed by atoms with van der Waals surface area (Å²) in [5, 5.41) is 8.98. The summed E-state index contributed by atoms with van der Waals surface area (Å²) in [7, 11) is 0. The second kappa shape index (κ2) is 5.51. The van der Waals surface area contributed by atoms with Gasteiger partial charge in [0, 0.05) is 4.47 Å². The Balaban J connectivity index is 2.31. The van der Waals surface area contributed by atoms with Crippen molar-refractivity contribution < 1.29 is 0 Å². The third-order valence-corrected chi connectivity index (χ3v) is 4.19. The predicted octanol–water partition coefficient (Wildman–Crippen LogP) is 4.71. The molecule has 0 atom stereocenters. The van der Waals surface area contributed by atoms with Crippen LogP contribution >= 0.6 is 27.5 Å². The summed E-state index contributed by atoms with van der Waals surface area (Å²) in [5.74, 6) is 1.10. The first kappa shape index (κ1) is 14.1. The summed E-state index contributed by atoms with van der Waals surface area (Å²) >= 11 is 9.58. The van der Waals surface area contributed by atoms with E-state index in [1.165, 1.54) is 0 Å². The number of benzene rings is 2. The topological polar surface area (TPSA) is 41.6 Å². The number of halogens is 2. The summed E-state index contributed by atoms with van der Waals surface area (Å²) in [6.45, 7) is 2.04. The molecule has 104 valence electrons. The van der Waals surface area contributed by atoms with Gasteiger partial charge in [-0.25, -0.2) is 4.98 Å². The zero-order chi connectivity index (χ0) is 15.0. The summed E-state index contributed by atoms with van der Waals surface area (Å²) in [5.41, 5.74) is 4.62. The molecule has 3 rings (SSSR count). The highest BCUT2D eigenvalue weighted by Gasteiger charge is 2.14. The Morgan fingerprint density at radius 1 is 1.29 bits per heavy atom. The molecule has 21 heavy (non-hydrogen) atoms. The molecule has 0 aliphatic heterocycles. The van der Waals surface area contributed by atoms with Gasteiger partial charge in [0.1, 0.15) is 5.82 Å². The van der Waals surface area contributed by atoms with E-state index in [1.54, 1.807) is 12.1 Å². The molecule has 5 heteroatoms. The second-order valence-electron chi connectivity index (χ2n) is 4.77. The van der Waals surface area contributed by atoms with E-state index in [2.05, 4.69) is 33.0 Å². The zero-order valence-corrected chi connectivity index (χ0v) is 13.6. The van der Waals surface area contributed by atoms with Crippen molar-refractivity contribution in [3.63, 3.8) is 0 Å². The lowest BCUT2D eigenvalue weighted by molar-refractivity contribution is 0.977. The number of aryl methyl sites for hydroxylation is 1. The van der Waals surface area contributed by atoms with Gasteiger partial charge in [0.25, 0.3) is 0 Å². The van der Waals surface area contributed by atoms with E-state index in [0.29, 0.717) is 11.4 Å². The normalized spacial score (nSPS) is 10.8. The van der Waals surface area contributed by atoms with Gasteiger partial charge in [-0.1, -0.05) is 6.07 Å². The van der Waals surface area contributed by atoms with E-state index in [0.717, 1.165) is 32.6 Å². The van der Waals surface area contributed by atoms with Crippen LogP contribution in [0.1, 0.15) is 17.0 Å². The van der Waals surface area contributed by atoms with Crippen molar-refractivity contribution in [3.05, 3.63) is 57.8 Å². The van der Waals surface area contributed by atoms with E-state index in [9.17, 15) is 0 Å². The number of fused-ring (bicyclic) bond motifs is 1. The number of nitriles is 1. The smallest absolute Gasteiger partial charge is 0.129 e. The number of imidazole rings is 1. The lowest BCUT2D eigenvalue weighted by Crippen LogP contribution is -2.00. The fourth-order valence-electron chi connectivity index (χ4n) is 2.36. The van der Waals surface area contributed by atoms with Crippen LogP contribution in [0.2, 0.25) is 0 Å². The first-order chi connectivity index (χ1) is 10.1. The molecule has 0 fully saturated rings. The van der Waals surface area contributed by atoms with Crippen LogP contribution in [0.25, 0.3) is 16.7 Å². The van der Waals surface area contributed by atoms with Crippen molar-refractivity contribution in [2.45, 2.75) is 12.8 Å². The molecule has 0 bridgehead atoms. The molecular weight excluding hydrogens is 350 g/mol. The highest BCUT2D eigenvalue weighted by atomic mass is 79.9. The van der Waals surface area contributed by atoms with E-state index in [1.807, 2.05) is 29.7 Å². The van der Waals surface area contributed by atoms with Crippen molar-refractivity contribution in [2.75, 3.05) is 0 Å². The average Bonchev–Trinajstić information content (AvgIpc) is 2.84. The molecule has 2 aromatic carbocycles. The van der Waals surface area contributed by atoms with E-state index in [-0.39, 0.29) is 0 Å². The SMILES string of the molecule is Cc1ccc2c(c1)nc(CCl)n2-c1ccc(C#N)cc1Br. The Labute approximate surface area is 135 Å². The van der Waals surface area contributed by atoms with Crippen LogP contribution in [0.4, 0.5) is 0 Å². The van der Waals surface area contributed by atoms with Crippen molar-refractivity contribution >= 4 is 38.6 Å². The molecule has 3 nitrogen and oxygen atoms in total. The van der Waals surface area contributed by atoms with Gasteiger partial charge < -0.3 is 0 Å². The van der Waals surface area contributed by atoms with Gasteiger partial charge in [-0.3, -0.25) is 4.57 Å². The van der Waals surface area contributed by atoms with Crippen molar-refractivity contribution in [1.82, 2.24) is 9.55 Å². The first-order valence-corrected chi connectivity index (χ1v) is 7.71. The third kappa shape index (κ3) is 2.44. The molecule has 1 heterocycles. The summed E-state index contributed by atoms with van der Waals surface area (Å²) < 4.78 is 2.86. The minimum absolute atomic E-state index is 0.320. The monoisotopic (exact) mass is 359 g/mol. The first-order valence-electron chi connectivity index (χ1n) is 6.38. The van der Waals surface area contributed by atoms with Crippen LogP contribution in [0, 0.1) is 18.3 Å². The molecule has 0 aliphatic rings. The maximum Gasteiger partial charge on any atom is 0.129 e. The maximum absolute atomic E-state index is 8.98. The van der Waals surface area contributed by atoms with Crippen LogP contribution in [-0.4, -0.2) is 9.55 Å². The highest BCUT2D eigenvalue weighted by Crippen LogP contribution is 2.29. The van der Waals surface area contributed by atoms with Crippen LogP contribution < -0.4 is 0 Å². The summed E-state index contributed by atoms with van der Waals surface area (Å²) in [6.07, 6.45) is 0. The maximum atomic E-state index is 8.98. The van der Waals surface area contributed by atoms with Crippen LogP contribution in [0.15, 0.2) is 40.9 Å². The van der Waals surface area contributed by atoms with Gasteiger partial charge in [0.2, 0.25) is 0 Å². The average molecular weight is 361 g/mol. The zero-order valence-electron chi connectivity index (χ0n) is 11.3. The van der Waals surface area contributed by atoms with Crippen LogP contribution in [0.5, 0.6) is 0 Å². The molecule has 0 spiro atoms.